The normalized spacial score (nSPS) is 29.2. The molecule has 1 aliphatic carbocycles. The molecule has 0 saturated heterocycles. The van der Waals surface area contributed by atoms with Crippen molar-refractivity contribution in [2.75, 3.05) is 0 Å². The van der Waals surface area contributed by atoms with Gasteiger partial charge in [-0.3, -0.25) is 0 Å². The molecule has 66 valence electrons. The maximum atomic E-state index is 10.8. The fraction of sp³-hybridized carbons (Fsp3) is 0.500. The van der Waals surface area contributed by atoms with Crippen LogP contribution in [-0.4, -0.2) is 11.1 Å². The van der Waals surface area contributed by atoms with E-state index in [0.29, 0.717) is 11.5 Å². The first-order valence-corrected chi connectivity index (χ1v) is 4.16. The Kier molecular flexibility index (Phi) is 2.36. The summed E-state index contributed by atoms with van der Waals surface area (Å²) >= 11 is 0. The Bertz CT molecular complexity index is 261. The summed E-state index contributed by atoms with van der Waals surface area (Å²) in [6.07, 6.45) is 3.96. The Hall–Kier alpha value is -1.05. The maximum absolute atomic E-state index is 10.8. The number of rotatable bonds is 1. The zero-order valence-corrected chi connectivity index (χ0v) is 7.66. The van der Waals surface area contributed by atoms with Crippen molar-refractivity contribution in [2.45, 2.75) is 20.8 Å². The first-order chi connectivity index (χ1) is 5.54. The van der Waals surface area contributed by atoms with Crippen LogP contribution in [0, 0.1) is 11.8 Å². The molecule has 0 spiro atoms. The lowest BCUT2D eigenvalue weighted by Gasteiger charge is -2.22. The van der Waals surface area contributed by atoms with Gasteiger partial charge in [0.15, 0.2) is 0 Å². The lowest BCUT2D eigenvalue weighted by atomic mass is 9.82. The van der Waals surface area contributed by atoms with Crippen LogP contribution in [0.1, 0.15) is 20.8 Å². The second-order valence-electron chi connectivity index (χ2n) is 3.41. The Morgan fingerprint density at radius 1 is 1.50 bits per heavy atom. The third-order valence-electron chi connectivity index (χ3n) is 2.55. The minimum Gasteiger partial charge on any atom is -0.478 e. The van der Waals surface area contributed by atoms with E-state index in [1.54, 1.807) is 0 Å². The lowest BCUT2D eigenvalue weighted by molar-refractivity contribution is -0.133. The van der Waals surface area contributed by atoms with Gasteiger partial charge in [0.2, 0.25) is 0 Å². The summed E-state index contributed by atoms with van der Waals surface area (Å²) in [5.74, 6) is -0.316. The molecule has 2 atom stereocenters. The Labute approximate surface area is 72.6 Å². The average Bonchev–Trinajstić information content (AvgIpc) is 1.97. The molecular weight excluding hydrogens is 152 g/mol. The largest absolute Gasteiger partial charge is 0.478 e. The maximum Gasteiger partial charge on any atom is 0.332 e. The Balaban J connectivity index is 3.05. The number of carboxylic acid groups (broad SMARTS) is 1. The van der Waals surface area contributed by atoms with Gasteiger partial charge in [-0.1, -0.05) is 26.0 Å². The molecule has 1 N–H and O–H groups in total. The molecule has 0 amide bonds. The molecule has 1 unspecified atom stereocenters. The van der Waals surface area contributed by atoms with E-state index in [0.717, 1.165) is 5.57 Å². The zero-order valence-electron chi connectivity index (χ0n) is 7.66. The van der Waals surface area contributed by atoms with E-state index in [1.165, 1.54) is 0 Å². The lowest BCUT2D eigenvalue weighted by Crippen LogP contribution is -2.19. The SMILES string of the molecule is CC1=C(C(=O)O)C(C)[C@@H](C)C=C1. The van der Waals surface area contributed by atoms with Crippen LogP contribution in [0.5, 0.6) is 0 Å². The second kappa shape index (κ2) is 3.13. The number of hydrogen-bond acceptors (Lipinski definition) is 1. The average molecular weight is 166 g/mol. The quantitative estimate of drug-likeness (QED) is 0.648. The summed E-state index contributed by atoms with van der Waals surface area (Å²) in [5, 5.41) is 8.91. The minimum atomic E-state index is -0.781. The van der Waals surface area contributed by atoms with Gasteiger partial charge in [0.1, 0.15) is 0 Å². The molecule has 12 heavy (non-hydrogen) atoms. The second-order valence-corrected chi connectivity index (χ2v) is 3.41. The minimum absolute atomic E-state index is 0.132. The van der Waals surface area contributed by atoms with E-state index in [4.69, 9.17) is 5.11 Å². The number of allylic oxidation sites excluding steroid dienone is 3. The van der Waals surface area contributed by atoms with Gasteiger partial charge in [-0.2, -0.15) is 0 Å². The third kappa shape index (κ3) is 1.42. The molecule has 0 bridgehead atoms. The van der Waals surface area contributed by atoms with Crippen LogP contribution in [-0.2, 0) is 4.79 Å². The van der Waals surface area contributed by atoms with Crippen molar-refractivity contribution < 1.29 is 9.90 Å². The first-order valence-electron chi connectivity index (χ1n) is 4.16. The monoisotopic (exact) mass is 166 g/mol. The predicted octanol–water partition coefficient (Wildman–Crippen LogP) is 2.23. The van der Waals surface area contributed by atoms with Crippen molar-refractivity contribution in [3.05, 3.63) is 23.3 Å². The van der Waals surface area contributed by atoms with E-state index < -0.39 is 5.97 Å². The van der Waals surface area contributed by atoms with Crippen molar-refractivity contribution >= 4 is 5.97 Å². The summed E-state index contributed by atoms with van der Waals surface area (Å²) in [7, 11) is 0. The summed E-state index contributed by atoms with van der Waals surface area (Å²) in [6.45, 7) is 5.85. The van der Waals surface area contributed by atoms with E-state index in [1.807, 2.05) is 26.8 Å². The highest BCUT2D eigenvalue weighted by Gasteiger charge is 2.24. The molecule has 2 heteroatoms. The topological polar surface area (TPSA) is 37.3 Å². The molecular formula is C10H14O2. The van der Waals surface area contributed by atoms with Crippen LogP contribution >= 0.6 is 0 Å². The molecule has 1 aliphatic rings. The van der Waals surface area contributed by atoms with Crippen LogP contribution in [0.4, 0.5) is 0 Å². The fourth-order valence-electron chi connectivity index (χ4n) is 1.54. The molecule has 0 aromatic rings. The molecule has 0 saturated carbocycles. The number of carbonyl (C=O) groups is 1. The molecule has 0 radical (unpaired) electrons. The highest BCUT2D eigenvalue weighted by Crippen LogP contribution is 2.29. The molecule has 0 aromatic carbocycles. The van der Waals surface area contributed by atoms with Crippen molar-refractivity contribution in [2.24, 2.45) is 11.8 Å². The van der Waals surface area contributed by atoms with Crippen molar-refractivity contribution in [1.82, 2.24) is 0 Å². The fourth-order valence-corrected chi connectivity index (χ4v) is 1.54. The van der Waals surface area contributed by atoms with Crippen molar-refractivity contribution in [3.63, 3.8) is 0 Å². The highest BCUT2D eigenvalue weighted by molar-refractivity contribution is 5.89. The van der Waals surface area contributed by atoms with Crippen molar-refractivity contribution in [1.29, 1.82) is 0 Å². The zero-order chi connectivity index (χ0) is 9.30. The number of aliphatic carboxylic acids is 1. The standard InChI is InChI=1S/C10H14O2/c1-6-4-5-7(2)9(8(6)3)10(11)12/h4-6,8H,1-3H3,(H,11,12)/t6-,8?/m0/s1. The summed E-state index contributed by atoms with van der Waals surface area (Å²) < 4.78 is 0. The molecule has 0 aromatic heterocycles. The highest BCUT2D eigenvalue weighted by atomic mass is 16.4. The molecule has 0 aliphatic heterocycles. The van der Waals surface area contributed by atoms with Gasteiger partial charge >= 0.3 is 5.97 Å². The molecule has 1 rings (SSSR count). The summed E-state index contributed by atoms with van der Waals surface area (Å²) in [5.41, 5.74) is 1.44. The van der Waals surface area contributed by atoms with Crippen LogP contribution in [0.3, 0.4) is 0 Å². The number of hydrogen-bond donors (Lipinski definition) is 1. The first kappa shape index (κ1) is 9.04. The number of carboxylic acids is 1. The van der Waals surface area contributed by atoms with Gasteiger partial charge in [0, 0.05) is 5.57 Å². The Morgan fingerprint density at radius 2 is 2.08 bits per heavy atom. The van der Waals surface area contributed by atoms with Crippen molar-refractivity contribution in [3.8, 4) is 0 Å². The van der Waals surface area contributed by atoms with Gasteiger partial charge in [0.05, 0.1) is 0 Å². The van der Waals surface area contributed by atoms with Gasteiger partial charge in [-0.15, -0.1) is 0 Å². The molecule has 0 heterocycles. The van der Waals surface area contributed by atoms with Gasteiger partial charge in [-0.25, -0.2) is 4.79 Å². The van der Waals surface area contributed by atoms with E-state index in [-0.39, 0.29) is 5.92 Å². The van der Waals surface area contributed by atoms with Gasteiger partial charge < -0.3 is 5.11 Å². The summed E-state index contributed by atoms with van der Waals surface area (Å²) in [6, 6.07) is 0. The Morgan fingerprint density at radius 3 is 2.50 bits per heavy atom. The van der Waals surface area contributed by atoms with Gasteiger partial charge in [-0.05, 0) is 24.3 Å². The van der Waals surface area contributed by atoms with Crippen LogP contribution in [0.25, 0.3) is 0 Å². The van der Waals surface area contributed by atoms with E-state index >= 15 is 0 Å². The smallest absolute Gasteiger partial charge is 0.332 e. The molecule has 0 fully saturated rings. The summed E-state index contributed by atoms with van der Waals surface area (Å²) in [4.78, 5) is 10.8. The molecule has 2 nitrogen and oxygen atoms in total. The van der Waals surface area contributed by atoms with Crippen LogP contribution in [0.2, 0.25) is 0 Å². The van der Waals surface area contributed by atoms with Crippen LogP contribution < -0.4 is 0 Å². The van der Waals surface area contributed by atoms with E-state index in [2.05, 4.69) is 6.08 Å². The third-order valence-corrected chi connectivity index (χ3v) is 2.55. The predicted molar refractivity (Wildman–Crippen MR) is 47.8 cm³/mol. The van der Waals surface area contributed by atoms with Gasteiger partial charge in [0.25, 0.3) is 0 Å². The van der Waals surface area contributed by atoms with Crippen LogP contribution in [0.15, 0.2) is 23.3 Å². The van der Waals surface area contributed by atoms with E-state index in [9.17, 15) is 4.79 Å².